The summed E-state index contributed by atoms with van der Waals surface area (Å²) < 4.78 is 3.58. The highest BCUT2D eigenvalue weighted by Gasteiger charge is 2.14. The van der Waals surface area contributed by atoms with Crippen LogP contribution in [0.2, 0.25) is 0 Å². The number of pyridine rings is 1. The Hall–Kier alpha value is -2.83. The van der Waals surface area contributed by atoms with E-state index in [4.69, 9.17) is 0 Å². The fourth-order valence-corrected chi connectivity index (χ4v) is 2.38. The van der Waals surface area contributed by atoms with Crippen LogP contribution in [-0.4, -0.2) is 38.2 Å². The maximum atomic E-state index is 12.2. The molecule has 0 unspecified atom stereocenters. The Morgan fingerprint density at radius 3 is 2.87 bits per heavy atom. The lowest BCUT2D eigenvalue weighted by Crippen LogP contribution is -2.26. The zero-order valence-electron chi connectivity index (χ0n) is 13.3. The van der Waals surface area contributed by atoms with Gasteiger partial charge in [-0.15, -0.1) is 0 Å². The van der Waals surface area contributed by atoms with Crippen LogP contribution in [0.15, 0.2) is 36.9 Å². The van der Waals surface area contributed by atoms with Crippen molar-refractivity contribution in [1.29, 1.82) is 0 Å². The average Bonchev–Trinajstić information content (AvgIpc) is 3.12. The Morgan fingerprint density at radius 2 is 2.09 bits per heavy atom. The molecular weight excluding hydrogens is 292 g/mol. The normalized spacial score (nSPS) is 10.9. The number of nitrogens with zero attached hydrogens (tertiary/aromatic N) is 4. The van der Waals surface area contributed by atoms with Gasteiger partial charge in [0.15, 0.2) is 0 Å². The Morgan fingerprint density at radius 1 is 1.22 bits per heavy atom. The Balaban J connectivity index is 1.46. The molecule has 0 bridgehead atoms. The third kappa shape index (κ3) is 3.33. The molecule has 0 saturated heterocycles. The van der Waals surface area contributed by atoms with Crippen molar-refractivity contribution in [2.24, 2.45) is 7.05 Å². The highest BCUT2D eigenvalue weighted by atomic mass is 16.1. The molecule has 0 aliphatic heterocycles. The third-order valence-corrected chi connectivity index (χ3v) is 3.64. The fraction of sp³-hybridized carbons (Fsp3) is 0.312. The number of aromatic nitrogens is 4. The van der Waals surface area contributed by atoms with Crippen LogP contribution in [0.3, 0.4) is 0 Å². The summed E-state index contributed by atoms with van der Waals surface area (Å²) in [4.78, 5) is 16.5. The predicted octanol–water partition coefficient (Wildman–Crippen LogP) is 1.61. The van der Waals surface area contributed by atoms with Gasteiger partial charge >= 0.3 is 0 Å². The lowest BCUT2D eigenvalue weighted by molar-refractivity contribution is 0.0955. The number of rotatable bonds is 6. The number of carbonyl (C=O) groups excluding carboxylic acids is 1. The number of fused-ring (bicyclic) bond motifs is 1. The Kier molecular flexibility index (Phi) is 4.27. The van der Waals surface area contributed by atoms with Crippen molar-refractivity contribution in [1.82, 2.24) is 24.5 Å². The molecule has 0 radical (unpaired) electrons. The molecular formula is C16H20N6O. The monoisotopic (exact) mass is 312 g/mol. The van der Waals surface area contributed by atoms with E-state index in [9.17, 15) is 4.79 Å². The molecule has 0 fully saturated rings. The van der Waals surface area contributed by atoms with Gasteiger partial charge in [0.05, 0.1) is 6.20 Å². The maximum absolute atomic E-state index is 12.2. The van der Waals surface area contributed by atoms with Crippen molar-refractivity contribution in [3.63, 3.8) is 0 Å². The molecule has 3 heterocycles. The van der Waals surface area contributed by atoms with Gasteiger partial charge in [-0.1, -0.05) is 6.07 Å². The van der Waals surface area contributed by atoms with Crippen molar-refractivity contribution < 1.29 is 4.79 Å². The van der Waals surface area contributed by atoms with E-state index in [1.165, 1.54) is 0 Å². The molecule has 0 atom stereocenters. The van der Waals surface area contributed by atoms with E-state index in [1.54, 1.807) is 10.7 Å². The minimum atomic E-state index is -0.102. The van der Waals surface area contributed by atoms with Crippen molar-refractivity contribution in [2.45, 2.75) is 13.3 Å². The molecule has 120 valence electrons. The number of carbonyl (C=O) groups is 1. The van der Waals surface area contributed by atoms with Crippen LogP contribution in [0.25, 0.3) is 5.65 Å². The van der Waals surface area contributed by atoms with Gasteiger partial charge in [0.1, 0.15) is 17.0 Å². The van der Waals surface area contributed by atoms with Crippen molar-refractivity contribution in [3.05, 3.63) is 48.0 Å². The molecule has 7 heteroatoms. The topological polar surface area (TPSA) is 76.2 Å². The largest absolute Gasteiger partial charge is 0.370 e. The number of imidazole rings is 1. The van der Waals surface area contributed by atoms with Crippen LogP contribution >= 0.6 is 0 Å². The minimum Gasteiger partial charge on any atom is -0.370 e. The number of nitrogens with one attached hydrogen (secondary N) is 2. The molecule has 0 aliphatic rings. The van der Waals surface area contributed by atoms with E-state index < -0.39 is 0 Å². The van der Waals surface area contributed by atoms with Gasteiger partial charge < -0.3 is 15.2 Å². The summed E-state index contributed by atoms with van der Waals surface area (Å²) in [6.45, 7) is 3.36. The maximum Gasteiger partial charge on any atom is 0.256 e. The van der Waals surface area contributed by atoms with Crippen LogP contribution < -0.4 is 10.6 Å². The van der Waals surface area contributed by atoms with Gasteiger partial charge in [0, 0.05) is 38.7 Å². The minimum absolute atomic E-state index is 0.102. The second-order valence-electron chi connectivity index (χ2n) is 5.49. The quantitative estimate of drug-likeness (QED) is 0.678. The van der Waals surface area contributed by atoms with Gasteiger partial charge in [-0.25, -0.2) is 9.50 Å². The van der Waals surface area contributed by atoms with E-state index in [1.807, 2.05) is 49.3 Å². The number of aryl methyl sites for hydroxylation is 2. The van der Waals surface area contributed by atoms with E-state index in [0.717, 1.165) is 30.0 Å². The standard InChI is InChI=1S/C16H20N6O/c1-12-4-5-14(19-10-12)17-6-3-7-18-15(23)13-11-20-22-9-8-21(2)16(13)22/h4-5,8-11H,3,6-7H2,1-2H3,(H,17,19)(H,18,23). The molecule has 23 heavy (non-hydrogen) atoms. The number of amides is 1. The second kappa shape index (κ2) is 6.51. The number of hydrogen-bond acceptors (Lipinski definition) is 4. The summed E-state index contributed by atoms with van der Waals surface area (Å²) in [6.07, 6.45) is 7.94. The van der Waals surface area contributed by atoms with Crippen LogP contribution in [-0.2, 0) is 7.05 Å². The van der Waals surface area contributed by atoms with Crippen molar-refractivity contribution in [3.8, 4) is 0 Å². The summed E-state index contributed by atoms with van der Waals surface area (Å²) in [5.41, 5.74) is 2.52. The summed E-state index contributed by atoms with van der Waals surface area (Å²) in [7, 11) is 1.90. The summed E-state index contributed by atoms with van der Waals surface area (Å²) in [5.74, 6) is 0.749. The molecule has 0 aliphatic carbocycles. The SMILES string of the molecule is Cc1ccc(NCCCNC(=O)c2cnn3ccn(C)c23)nc1. The van der Waals surface area contributed by atoms with E-state index in [0.29, 0.717) is 12.1 Å². The third-order valence-electron chi connectivity index (χ3n) is 3.64. The molecule has 0 saturated carbocycles. The zero-order valence-corrected chi connectivity index (χ0v) is 13.3. The summed E-state index contributed by atoms with van der Waals surface area (Å²) >= 11 is 0. The molecule has 3 aromatic heterocycles. The summed E-state index contributed by atoms with van der Waals surface area (Å²) in [5, 5.41) is 10.3. The second-order valence-corrected chi connectivity index (χ2v) is 5.49. The molecule has 3 rings (SSSR count). The first-order valence-corrected chi connectivity index (χ1v) is 7.58. The Bertz CT molecular complexity index is 802. The van der Waals surface area contributed by atoms with E-state index in [2.05, 4.69) is 20.7 Å². The molecule has 1 amide bonds. The molecule has 2 N–H and O–H groups in total. The lowest BCUT2D eigenvalue weighted by atomic mass is 10.3. The molecule has 0 spiro atoms. The first kappa shape index (κ1) is 15.1. The van der Waals surface area contributed by atoms with Gasteiger partial charge in [-0.2, -0.15) is 5.10 Å². The Labute approximate surface area is 134 Å². The number of hydrogen-bond donors (Lipinski definition) is 2. The van der Waals surface area contributed by atoms with Gasteiger partial charge in [0.2, 0.25) is 0 Å². The fourth-order valence-electron chi connectivity index (χ4n) is 2.38. The summed E-state index contributed by atoms with van der Waals surface area (Å²) in [6, 6.07) is 3.97. The predicted molar refractivity (Wildman–Crippen MR) is 88.6 cm³/mol. The van der Waals surface area contributed by atoms with E-state index >= 15 is 0 Å². The smallest absolute Gasteiger partial charge is 0.256 e. The molecule has 3 aromatic rings. The van der Waals surface area contributed by atoms with Crippen LogP contribution in [0.1, 0.15) is 22.3 Å². The van der Waals surface area contributed by atoms with Gasteiger partial charge in [-0.05, 0) is 25.0 Å². The molecule has 7 nitrogen and oxygen atoms in total. The highest BCUT2D eigenvalue weighted by Crippen LogP contribution is 2.10. The first-order valence-electron chi connectivity index (χ1n) is 7.58. The number of anilines is 1. The van der Waals surface area contributed by atoms with E-state index in [-0.39, 0.29) is 5.91 Å². The van der Waals surface area contributed by atoms with Crippen LogP contribution in [0, 0.1) is 6.92 Å². The zero-order chi connectivity index (χ0) is 16.2. The first-order chi connectivity index (χ1) is 11.1. The van der Waals surface area contributed by atoms with Crippen molar-refractivity contribution >= 4 is 17.4 Å². The van der Waals surface area contributed by atoms with Gasteiger partial charge in [0.25, 0.3) is 5.91 Å². The van der Waals surface area contributed by atoms with Crippen LogP contribution in [0.4, 0.5) is 5.82 Å². The lowest BCUT2D eigenvalue weighted by Gasteiger charge is -2.07. The molecule has 0 aromatic carbocycles. The highest BCUT2D eigenvalue weighted by molar-refractivity contribution is 5.99. The van der Waals surface area contributed by atoms with Crippen LogP contribution in [0.5, 0.6) is 0 Å². The van der Waals surface area contributed by atoms with Crippen molar-refractivity contribution in [2.75, 3.05) is 18.4 Å². The van der Waals surface area contributed by atoms with Gasteiger partial charge in [-0.3, -0.25) is 4.79 Å². The average molecular weight is 312 g/mol.